The van der Waals surface area contributed by atoms with Crippen LogP contribution in [-0.2, 0) is 4.74 Å². The normalized spacial score (nSPS) is 13.9. The maximum absolute atomic E-state index is 5.35. The number of hydrogen-bond donors (Lipinski definition) is 0. The molecule has 0 saturated carbocycles. The van der Waals surface area contributed by atoms with Gasteiger partial charge in [0.25, 0.3) is 0 Å². The van der Waals surface area contributed by atoms with E-state index in [1.807, 2.05) is 0 Å². The van der Waals surface area contributed by atoms with E-state index in [1.54, 1.807) is 0 Å². The van der Waals surface area contributed by atoms with Gasteiger partial charge < -0.3 is 4.74 Å². The van der Waals surface area contributed by atoms with Crippen molar-refractivity contribution in [3.8, 4) is 0 Å². The Labute approximate surface area is 76.4 Å². The molecule has 0 N–H and O–H groups in total. The van der Waals surface area contributed by atoms with Gasteiger partial charge in [0.2, 0.25) is 0 Å². The van der Waals surface area contributed by atoms with Crippen molar-refractivity contribution < 1.29 is 4.74 Å². The van der Waals surface area contributed by atoms with Gasteiger partial charge in [-0.25, -0.2) is 0 Å². The molecule has 1 unspecified atom stereocenters. The second kappa shape index (κ2) is 6.58. The molecule has 0 aromatic heterocycles. The van der Waals surface area contributed by atoms with Crippen LogP contribution in [0.4, 0.5) is 0 Å². The smallest absolute Gasteiger partial charge is 0.121 e. The van der Waals surface area contributed by atoms with E-state index in [0.717, 1.165) is 4.43 Å². The lowest BCUT2D eigenvalue weighted by atomic mass is 10.8. The zero-order valence-corrected chi connectivity index (χ0v) is 8.74. The molecule has 50 valence electrons. The third-order valence-corrected chi connectivity index (χ3v) is 3.25. The van der Waals surface area contributed by atoms with Crippen LogP contribution in [0.2, 0.25) is 0 Å². The van der Waals surface area contributed by atoms with Gasteiger partial charge in [0.15, 0.2) is 0 Å². The van der Waals surface area contributed by atoms with E-state index in [9.17, 15) is 0 Å². The topological polar surface area (TPSA) is 9.23 Å². The van der Waals surface area contributed by atoms with Crippen molar-refractivity contribution in [2.75, 3.05) is 16.9 Å². The fraction of sp³-hybridized carbons (Fsp3) is 1.00. The van der Waals surface area contributed by atoms with Crippen molar-refractivity contribution in [1.29, 1.82) is 0 Å². The third-order valence-electron chi connectivity index (χ3n) is 0.497. The largest absolute Gasteiger partial charge is 0.365 e. The summed E-state index contributed by atoms with van der Waals surface area (Å²) in [6, 6.07) is 0. The van der Waals surface area contributed by atoms with E-state index in [1.165, 1.54) is 0 Å². The monoisotopic (exact) mass is 312 g/mol. The van der Waals surface area contributed by atoms with Crippen molar-refractivity contribution in [2.45, 2.75) is 5.01 Å². The van der Waals surface area contributed by atoms with Gasteiger partial charge >= 0.3 is 0 Å². The summed E-state index contributed by atoms with van der Waals surface area (Å²) in [6.45, 7) is 0.625. The van der Waals surface area contributed by atoms with Gasteiger partial charge in [-0.15, -0.1) is 11.6 Å². The molecule has 0 aliphatic rings. The Morgan fingerprint density at radius 2 is 2.38 bits per heavy atom. The highest BCUT2D eigenvalue weighted by Crippen LogP contribution is 2.04. The summed E-state index contributed by atoms with van der Waals surface area (Å²) in [5.41, 5.74) is 0. The van der Waals surface area contributed by atoms with Crippen LogP contribution in [0.15, 0.2) is 0 Å². The predicted molar refractivity (Wildman–Crippen MR) is 48.3 cm³/mol. The minimum Gasteiger partial charge on any atom is -0.365 e. The molecule has 1 nitrogen and oxygen atoms in total. The van der Waals surface area contributed by atoms with Crippen LogP contribution in [0, 0.1) is 0 Å². The molecule has 0 bridgehead atoms. The second-order valence-corrected chi connectivity index (χ2v) is 3.40. The number of ether oxygens (including phenoxy) is 1. The van der Waals surface area contributed by atoms with E-state index in [0.29, 0.717) is 12.5 Å². The highest BCUT2D eigenvalue weighted by molar-refractivity contribution is 14.1. The standard InChI is InChI=1S/C4H7BrClIO/c5-4(3-7)8-2-1-6/h4H,1-3H2. The predicted octanol–water partition coefficient (Wildman–Crippen LogP) is 2.40. The van der Waals surface area contributed by atoms with Crippen molar-refractivity contribution in [2.24, 2.45) is 0 Å². The maximum atomic E-state index is 5.35. The zero-order chi connectivity index (χ0) is 6.41. The van der Waals surface area contributed by atoms with Gasteiger partial charge in [0, 0.05) is 10.3 Å². The molecule has 0 spiro atoms. The van der Waals surface area contributed by atoms with E-state index >= 15 is 0 Å². The molecular formula is C4H7BrClIO. The van der Waals surface area contributed by atoms with Crippen LogP contribution in [0.1, 0.15) is 0 Å². The number of hydrogen-bond acceptors (Lipinski definition) is 1. The van der Waals surface area contributed by atoms with E-state index in [2.05, 4.69) is 38.5 Å². The Morgan fingerprint density at radius 1 is 1.75 bits per heavy atom. The highest BCUT2D eigenvalue weighted by Gasteiger charge is 1.97. The Bertz CT molecular complexity index is 55.3. The molecule has 0 amide bonds. The van der Waals surface area contributed by atoms with Crippen LogP contribution < -0.4 is 0 Å². The van der Waals surface area contributed by atoms with Crippen LogP contribution in [0.5, 0.6) is 0 Å². The summed E-state index contributed by atoms with van der Waals surface area (Å²) in [7, 11) is 0. The van der Waals surface area contributed by atoms with Gasteiger partial charge in [0.1, 0.15) is 5.01 Å². The van der Waals surface area contributed by atoms with E-state index < -0.39 is 0 Å². The Balaban J connectivity index is 2.86. The molecule has 0 aliphatic heterocycles. The summed E-state index contributed by atoms with van der Waals surface area (Å²) in [5.74, 6) is 0.568. The Morgan fingerprint density at radius 3 is 2.75 bits per heavy atom. The van der Waals surface area contributed by atoms with Gasteiger partial charge in [-0.05, 0) is 0 Å². The summed E-state index contributed by atoms with van der Waals surface area (Å²) in [6.07, 6.45) is 0. The van der Waals surface area contributed by atoms with Crippen LogP contribution >= 0.6 is 50.1 Å². The first kappa shape index (κ1) is 9.46. The summed E-state index contributed by atoms with van der Waals surface area (Å²) >= 11 is 10.9. The first-order valence-electron chi connectivity index (χ1n) is 2.19. The average molecular weight is 313 g/mol. The molecule has 0 fully saturated rings. The fourth-order valence-corrected chi connectivity index (χ4v) is 0.747. The summed E-state index contributed by atoms with van der Waals surface area (Å²) in [5, 5.41) is 0.168. The number of halogens is 3. The van der Waals surface area contributed by atoms with Crippen molar-refractivity contribution in [3.05, 3.63) is 0 Å². The first-order chi connectivity index (χ1) is 3.81. The molecule has 4 heteroatoms. The van der Waals surface area contributed by atoms with Crippen LogP contribution in [-0.4, -0.2) is 21.9 Å². The number of alkyl halides is 3. The second-order valence-electron chi connectivity index (χ2n) is 1.12. The van der Waals surface area contributed by atoms with E-state index in [-0.39, 0.29) is 5.01 Å². The van der Waals surface area contributed by atoms with Crippen LogP contribution in [0.3, 0.4) is 0 Å². The van der Waals surface area contributed by atoms with E-state index in [4.69, 9.17) is 16.3 Å². The molecule has 0 rings (SSSR count). The van der Waals surface area contributed by atoms with Gasteiger partial charge in [-0.3, -0.25) is 0 Å². The highest BCUT2D eigenvalue weighted by atomic mass is 127. The molecule has 0 radical (unpaired) electrons. The molecule has 0 aromatic carbocycles. The lowest BCUT2D eigenvalue weighted by molar-refractivity contribution is 0.148. The minimum absolute atomic E-state index is 0.168. The van der Waals surface area contributed by atoms with Crippen molar-refractivity contribution in [3.63, 3.8) is 0 Å². The first-order valence-corrected chi connectivity index (χ1v) is 5.16. The maximum Gasteiger partial charge on any atom is 0.121 e. The molecule has 0 aromatic rings. The Kier molecular flexibility index (Phi) is 7.78. The SMILES string of the molecule is ClCCOC(Br)CI. The molecule has 0 aliphatic carbocycles. The molecule has 0 heterocycles. The van der Waals surface area contributed by atoms with Crippen molar-refractivity contribution in [1.82, 2.24) is 0 Å². The zero-order valence-electron chi connectivity index (χ0n) is 4.24. The third kappa shape index (κ3) is 5.59. The molecular weight excluding hydrogens is 306 g/mol. The average Bonchev–Trinajstić information content (AvgIpc) is 1.83. The van der Waals surface area contributed by atoms with Crippen LogP contribution in [0.25, 0.3) is 0 Å². The molecule has 0 saturated heterocycles. The van der Waals surface area contributed by atoms with Crippen molar-refractivity contribution >= 4 is 50.1 Å². The van der Waals surface area contributed by atoms with Gasteiger partial charge in [-0.2, -0.15) is 0 Å². The lowest BCUT2D eigenvalue weighted by Crippen LogP contribution is -2.07. The quantitative estimate of drug-likeness (QED) is 0.572. The van der Waals surface area contributed by atoms with Gasteiger partial charge in [0.05, 0.1) is 6.61 Å². The summed E-state index contributed by atoms with van der Waals surface area (Å²) in [4.78, 5) is 0. The molecule has 8 heavy (non-hydrogen) atoms. The summed E-state index contributed by atoms with van der Waals surface area (Å²) < 4.78 is 6.07. The van der Waals surface area contributed by atoms with Gasteiger partial charge in [-0.1, -0.05) is 38.5 Å². The molecule has 1 atom stereocenters. The lowest BCUT2D eigenvalue weighted by Gasteiger charge is -2.04. The Hall–Kier alpha value is 1.46. The fourth-order valence-electron chi connectivity index (χ4n) is 0.217. The number of rotatable bonds is 4. The minimum atomic E-state index is 0.168.